The van der Waals surface area contributed by atoms with Crippen LogP contribution in [-0.2, 0) is 0 Å². The zero-order chi connectivity index (χ0) is 15.0. The van der Waals surface area contributed by atoms with Gasteiger partial charge in [0.2, 0.25) is 0 Å². The van der Waals surface area contributed by atoms with Crippen molar-refractivity contribution in [1.29, 1.82) is 0 Å². The molecule has 0 bridgehead atoms. The molecule has 0 saturated carbocycles. The van der Waals surface area contributed by atoms with Gasteiger partial charge in [-0.15, -0.1) is 0 Å². The average molecular weight is 299 g/mol. The van der Waals surface area contributed by atoms with Crippen molar-refractivity contribution in [3.8, 4) is 5.75 Å². The van der Waals surface area contributed by atoms with E-state index in [9.17, 15) is 4.79 Å². The predicted octanol–water partition coefficient (Wildman–Crippen LogP) is 5.24. The van der Waals surface area contributed by atoms with Gasteiger partial charge in [-0.2, -0.15) is 0 Å². The fourth-order valence-electron chi connectivity index (χ4n) is 1.44. The lowest BCUT2D eigenvalue weighted by Gasteiger charge is -2.37. The van der Waals surface area contributed by atoms with E-state index in [1.807, 2.05) is 13.0 Å². The first-order valence-electron chi connectivity index (χ1n) is 6.46. The Balaban J connectivity index is 3.28. The largest absolute Gasteiger partial charge is 0.543 e. The zero-order valence-electron chi connectivity index (χ0n) is 12.8. The standard InChI is InChI=1S/C15H23ClO2Si/c1-10-8-14(12(11(2)17)9-13(10)16)18-19(6,7)15(3,4)5/h8-9H,1-7H3. The maximum absolute atomic E-state index is 11.7. The average Bonchev–Trinajstić information content (AvgIpc) is 2.20. The van der Waals surface area contributed by atoms with Gasteiger partial charge in [0.15, 0.2) is 5.78 Å². The molecule has 0 radical (unpaired) electrons. The van der Waals surface area contributed by atoms with Crippen LogP contribution in [-0.4, -0.2) is 14.1 Å². The Labute approximate surface area is 122 Å². The summed E-state index contributed by atoms with van der Waals surface area (Å²) in [7, 11) is -1.96. The summed E-state index contributed by atoms with van der Waals surface area (Å²) in [4.78, 5) is 11.7. The van der Waals surface area contributed by atoms with Crippen molar-refractivity contribution in [2.75, 3.05) is 0 Å². The molecule has 0 atom stereocenters. The van der Waals surface area contributed by atoms with Crippen molar-refractivity contribution in [2.45, 2.75) is 52.8 Å². The van der Waals surface area contributed by atoms with Crippen LogP contribution in [0.4, 0.5) is 0 Å². The van der Waals surface area contributed by atoms with E-state index in [0.29, 0.717) is 16.3 Å². The number of carbonyl (C=O) groups excluding carboxylic acids is 1. The molecule has 0 heterocycles. The highest BCUT2D eigenvalue weighted by Gasteiger charge is 2.39. The Kier molecular flexibility index (Phi) is 4.53. The first-order chi connectivity index (χ1) is 8.45. The van der Waals surface area contributed by atoms with Crippen LogP contribution < -0.4 is 4.43 Å². The molecule has 0 N–H and O–H groups in total. The molecule has 0 aliphatic heterocycles. The van der Waals surface area contributed by atoms with Crippen LogP contribution in [0.2, 0.25) is 23.2 Å². The number of hydrogen-bond donors (Lipinski definition) is 0. The molecule has 0 aliphatic rings. The van der Waals surface area contributed by atoms with Crippen molar-refractivity contribution in [3.63, 3.8) is 0 Å². The predicted molar refractivity (Wildman–Crippen MR) is 84.0 cm³/mol. The van der Waals surface area contributed by atoms with Crippen LogP contribution >= 0.6 is 11.6 Å². The quantitative estimate of drug-likeness (QED) is 0.564. The van der Waals surface area contributed by atoms with E-state index in [0.717, 1.165) is 5.56 Å². The van der Waals surface area contributed by atoms with Crippen LogP contribution in [0, 0.1) is 6.92 Å². The van der Waals surface area contributed by atoms with E-state index in [1.165, 1.54) is 0 Å². The molecule has 4 heteroatoms. The van der Waals surface area contributed by atoms with Crippen LogP contribution in [0.3, 0.4) is 0 Å². The van der Waals surface area contributed by atoms with Crippen LogP contribution in [0.1, 0.15) is 43.6 Å². The second kappa shape index (κ2) is 5.29. The van der Waals surface area contributed by atoms with Crippen molar-refractivity contribution in [1.82, 2.24) is 0 Å². The Bertz CT molecular complexity index is 502. The SMILES string of the molecule is CC(=O)c1cc(Cl)c(C)cc1O[Si](C)(C)C(C)(C)C. The molecule has 1 aromatic rings. The third kappa shape index (κ3) is 3.60. The molecule has 0 aromatic heterocycles. The summed E-state index contributed by atoms with van der Waals surface area (Å²) in [5.74, 6) is 0.650. The highest BCUT2D eigenvalue weighted by atomic mass is 35.5. The van der Waals surface area contributed by atoms with Gasteiger partial charge in [-0.3, -0.25) is 4.79 Å². The second-order valence-corrected chi connectivity index (χ2v) is 11.6. The molecular formula is C15H23ClO2Si. The van der Waals surface area contributed by atoms with Gasteiger partial charge in [0, 0.05) is 5.02 Å². The van der Waals surface area contributed by atoms with Gasteiger partial charge in [0.05, 0.1) is 5.56 Å². The number of aryl methyl sites for hydroxylation is 1. The monoisotopic (exact) mass is 298 g/mol. The molecule has 2 nitrogen and oxygen atoms in total. The van der Waals surface area contributed by atoms with Gasteiger partial charge >= 0.3 is 0 Å². The minimum Gasteiger partial charge on any atom is -0.543 e. The number of halogens is 1. The first-order valence-corrected chi connectivity index (χ1v) is 9.74. The van der Waals surface area contributed by atoms with Gasteiger partial charge in [-0.05, 0) is 49.7 Å². The third-order valence-corrected chi connectivity index (χ3v) is 8.56. The van der Waals surface area contributed by atoms with E-state index in [-0.39, 0.29) is 10.8 Å². The Morgan fingerprint density at radius 2 is 1.79 bits per heavy atom. The van der Waals surface area contributed by atoms with Gasteiger partial charge in [-0.1, -0.05) is 32.4 Å². The molecule has 19 heavy (non-hydrogen) atoms. The highest BCUT2D eigenvalue weighted by Crippen LogP contribution is 2.39. The van der Waals surface area contributed by atoms with E-state index in [1.54, 1.807) is 13.0 Å². The molecule has 106 valence electrons. The summed E-state index contributed by atoms with van der Waals surface area (Å²) in [6.45, 7) is 14.3. The minimum absolute atomic E-state index is 0.0180. The lowest BCUT2D eigenvalue weighted by atomic mass is 10.1. The number of ketones is 1. The molecule has 0 unspecified atom stereocenters. The summed E-state index contributed by atoms with van der Waals surface area (Å²) in [6.07, 6.45) is 0. The second-order valence-electron chi connectivity index (χ2n) is 6.52. The number of hydrogen-bond acceptors (Lipinski definition) is 2. The van der Waals surface area contributed by atoms with Crippen molar-refractivity contribution in [3.05, 3.63) is 28.3 Å². The maximum Gasteiger partial charge on any atom is 0.250 e. The van der Waals surface area contributed by atoms with Crippen molar-refractivity contribution in [2.24, 2.45) is 0 Å². The van der Waals surface area contributed by atoms with E-state index >= 15 is 0 Å². The fourth-order valence-corrected chi connectivity index (χ4v) is 2.63. The Morgan fingerprint density at radius 1 is 1.26 bits per heavy atom. The van der Waals surface area contributed by atoms with Crippen molar-refractivity contribution < 1.29 is 9.22 Å². The molecular weight excluding hydrogens is 276 g/mol. The fraction of sp³-hybridized carbons (Fsp3) is 0.533. The van der Waals surface area contributed by atoms with Gasteiger partial charge in [0.25, 0.3) is 8.32 Å². The van der Waals surface area contributed by atoms with Gasteiger partial charge in [0.1, 0.15) is 5.75 Å². The van der Waals surface area contributed by atoms with Gasteiger partial charge < -0.3 is 4.43 Å². The van der Waals surface area contributed by atoms with E-state index in [4.69, 9.17) is 16.0 Å². The Hall–Kier alpha value is -0.803. The topological polar surface area (TPSA) is 26.3 Å². The molecule has 1 rings (SSSR count). The van der Waals surface area contributed by atoms with E-state index < -0.39 is 8.32 Å². The van der Waals surface area contributed by atoms with E-state index in [2.05, 4.69) is 33.9 Å². The molecule has 1 aromatic carbocycles. The minimum atomic E-state index is -1.96. The zero-order valence-corrected chi connectivity index (χ0v) is 14.6. The Morgan fingerprint density at radius 3 is 2.21 bits per heavy atom. The summed E-state index contributed by atoms with van der Waals surface area (Å²) < 4.78 is 6.25. The summed E-state index contributed by atoms with van der Waals surface area (Å²) in [5, 5.41) is 0.696. The summed E-state index contributed by atoms with van der Waals surface area (Å²) in [5.41, 5.74) is 1.50. The summed E-state index contributed by atoms with van der Waals surface area (Å²) in [6, 6.07) is 3.58. The highest BCUT2D eigenvalue weighted by molar-refractivity contribution is 6.74. The molecule has 0 amide bonds. The van der Waals surface area contributed by atoms with Gasteiger partial charge in [-0.25, -0.2) is 0 Å². The summed E-state index contributed by atoms with van der Waals surface area (Å²) >= 11 is 6.09. The normalized spacial score (nSPS) is 12.4. The molecule has 0 saturated heterocycles. The smallest absolute Gasteiger partial charge is 0.250 e. The number of rotatable bonds is 3. The van der Waals surface area contributed by atoms with Crippen LogP contribution in [0.5, 0.6) is 5.75 Å². The lowest BCUT2D eigenvalue weighted by molar-refractivity contribution is 0.101. The first kappa shape index (κ1) is 16.3. The van der Waals surface area contributed by atoms with Crippen molar-refractivity contribution >= 4 is 25.7 Å². The number of Topliss-reactive ketones (excluding diaryl/α,β-unsaturated/α-hetero) is 1. The molecule has 0 spiro atoms. The third-order valence-electron chi connectivity index (χ3n) is 3.81. The molecule has 0 fully saturated rings. The van der Waals surface area contributed by atoms with Crippen LogP contribution in [0.15, 0.2) is 12.1 Å². The van der Waals surface area contributed by atoms with Crippen LogP contribution in [0.25, 0.3) is 0 Å². The number of benzene rings is 1. The maximum atomic E-state index is 11.7. The number of carbonyl (C=O) groups is 1. The molecule has 0 aliphatic carbocycles. The lowest BCUT2D eigenvalue weighted by Crippen LogP contribution is -2.44.